The Morgan fingerprint density at radius 1 is 1.61 bits per heavy atom. The summed E-state index contributed by atoms with van der Waals surface area (Å²) in [6.07, 6.45) is 2.18. The SMILES string of the molecule is CCn1nc(C)cc1CN1CCCC(C(=N)N)C1. The van der Waals surface area contributed by atoms with Crippen molar-refractivity contribution in [2.75, 3.05) is 13.1 Å². The van der Waals surface area contributed by atoms with E-state index in [4.69, 9.17) is 11.1 Å². The van der Waals surface area contributed by atoms with Crippen LogP contribution in [0.3, 0.4) is 0 Å². The van der Waals surface area contributed by atoms with Gasteiger partial charge in [-0.1, -0.05) is 0 Å². The number of rotatable bonds is 4. The fourth-order valence-electron chi connectivity index (χ4n) is 2.68. The number of aryl methyl sites for hydroxylation is 2. The van der Waals surface area contributed by atoms with Crippen molar-refractivity contribution in [3.05, 3.63) is 17.5 Å². The van der Waals surface area contributed by atoms with Crippen molar-refractivity contribution in [2.24, 2.45) is 11.7 Å². The third-order valence-corrected chi connectivity index (χ3v) is 3.62. The first kappa shape index (κ1) is 13.1. The molecule has 0 spiro atoms. The summed E-state index contributed by atoms with van der Waals surface area (Å²) < 4.78 is 2.06. The lowest BCUT2D eigenvalue weighted by Crippen LogP contribution is -2.40. The number of hydrogen-bond acceptors (Lipinski definition) is 3. The van der Waals surface area contributed by atoms with Gasteiger partial charge in [0.25, 0.3) is 0 Å². The third-order valence-electron chi connectivity index (χ3n) is 3.62. The zero-order valence-electron chi connectivity index (χ0n) is 11.3. The van der Waals surface area contributed by atoms with E-state index in [9.17, 15) is 0 Å². The highest BCUT2D eigenvalue weighted by Crippen LogP contribution is 2.18. The van der Waals surface area contributed by atoms with Crippen LogP contribution in [0.15, 0.2) is 6.07 Å². The predicted molar refractivity (Wildman–Crippen MR) is 72.6 cm³/mol. The van der Waals surface area contributed by atoms with Gasteiger partial charge in [-0.2, -0.15) is 5.10 Å². The van der Waals surface area contributed by atoms with Crippen molar-refractivity contribution < 1.29 is 0 Å². The van der Waals surface area contributed by atoms with Crippen LogP contribution in [0, 0.1) is 18.3 Å². The van der Waals surface area contributed by atoms with E-state index in [0.717, 1.165) is 44.7 Å². The highest BCUT2D eigenvalue weighted by molar-refractivity contribution is 5.79. The first-order chi connectivity index (χ1) is 8.60. The zero-order chi connectivity index (χ0) is 13.1. The molecule has 0 aliphatic carbocycles. The number of nitrogens with one attached hydrogen (secondary N) is 1. The second kappa shape index (κ2) is 5.52. The monoisotopic (exact) mass is 249 g/mol. The predicted octanol–water partition coefficient (Wildman–Crippen LogP) is 1.36. The molecule has 1 atom stereocenters. The molecule has 100 valence electrons. The van der Waals surface area contributed by atoms with Gasteiger partial charge in [-0.15, -0.1) is 0 Å². The van der Waals surface area contributed by atoms with Gasteiger partial charge in [0.05, 0.1) is 17.2 Å². The largest absolute Gasteiger partial charge is 0.387 e. The van der Waals surface area contributed by atoms with Crippen LogP contribution in [0.5, 0.6) is 0 Å². The maximum atomic E-state index is 7.57. The number of piperidine rings is 1. The number of hydrogen-bond donors (Lipinski definition) is 2. The van der Waals surface area contributed by atoms with Crippen molar-refractivity contribution in [1.29, 1.82) is 5.41 Å². The lowest BCUT2D eigenvalue weighted by Gasteiger charge is -2.32. The molecule has 2 rings (SSSR count). The molecule has 1 aromatic rings. The molecule has 1 saturated heterocycles. The Kier molecular flexibility index (Phi) is 4.01. The summed E-state index contributed by atoms with van der Waals surface area (Å²) in [4.78, 5) is 2.39. The summed E-state index contributed by atoms with van der Waals surface area (Å²) in [5.74, 6) is 0.567. The molecular formula is C13H23N5. The zero-order valence-corrected chi connectivity index (χ0v) is 11.3. The van der Waals surface area contributed by atoms with E-state index in [1.54, 1.807) is 0 Å². The first-order valence-corrected chi connectivity index (χ1v) is 6.69. The van der Waals surface area contributed by atoms with Crippen LogP contribution in [0.1, 0.15) is 31.2 Å². The molecule has 1 aliphatic rings. The fraction of sp³-hybridized carbons (Fsp3) is 0.692. The normalized spacial score (nSPS) is 21.1. The van der Waals surface area contributed by atoms with Gasteiger partial charge in [-0.05, 0) is 39.3 Å². The van der Waals surface area contributed by atoms with E-state index in [1.807, 2.05) is 6.92 Å². The summed E-state index contributed by atoms with van der Waals surface area (Å²) in [5.41, 5.74) is 7.96. The fourth-order valence-corrected chi connectivity index (χ4v) is 2.68. The molecule has 1 fully saturated rings. The number of aromatic nitrogens is 2. The molecule has 0 aromatic carbocycles. The lowest BCUT2D eigenvalue weighted by molar-refractivity contribution is 0.191. The Morgan fingerprint density at radius 2 is 2.39 bits per heavy atom. The Morgan fingerprint density at radius 3 is 3.06 bits per heavy atom. The van der Waals surface area contributed by atoms with Crippen LogP contribution < -0.4 is 5.73 Å². The summed E-state index contributed by atoms with van der Waals surface area (Å²) in [5, 5.41) is 12.0. The molecular weight excluding hydrogens is 226 g/mol. The number of nitrogens with two attached hydrogens (primary N) is 1. The first-order valence-electron chi connectivity index (χ1n) is 6.69. The van der Waals surface area contributed by atoms with Gasteiger partial charge in [0.2, 0.25) is 0 Å². The van der Waals surface area contributed by atoms with E-state index < -0.39 is 0 Å². The van der Waals surface area contributed by atoms with E-state index in [-0.39, 0.29) is 5.92 Å². The minimum atomic E-state index is 0.234. The number of likely N-dealkylation sites (tertiary alicyclic amines) is 1. The molecule has 0 radical (unpaired) electrons. The average molecular weight is 249 g/mol. The Balaban J connectivity index is 2.02. The van der Waals surface area contributed by atoms with Crippen molar-refractivity contribution in [3.63, 3.8) is 0 Å². The molecule has 1 aromatic heterocycles. The van der Waals surface area contributed by atoms with Crippen LogP contribution in [-0.4, -0.2) is 33.6 Å². The van der Waals surface area contributed by atoms with Crippen LogP contribution in [-0.2, 0) is 13.1 Å². The quantitative estimate of drug-likeness (QED) is 0.625. The Bertz CT molecular complexity index is 423. The van der Waals surface area contributed by atoms with Gasteiger partial charge in [0, 0.05) is 25.6 Å². The van der Waals surface area contributed by atoms with E-state index >= 15 is 0 Å². The van der Waals surface area contributed by atoms with Crippen molar-refractivity contribution in [2.45, 2.75) is 39.8 Å². The Labute approximate surface area is 108 Å². The molecule has 1 unspecified atom stereocenters. The molecule has 0 amide bonds. The van der Waals surface area contributed by atoms with Crippen LogP contribution >= 0.6 is 0 Å². The third kappa shape index (κ3) is 2.90. The average Bonchev–Trinajstić information content (AvgIpc) is 2.69. The summed E-state index contributed by atoms with van der Waals surface area (Å²) in [6.45, 7) is 7.97. The molecule has 5 heteroatoms. The second-order valence-corrected chi connectivity index (χ2v) is 5.12. The number of amidine groups is 1. The highest BCUT2D eigenvalue weighted by Gasteiger charge is 2.22. The van der Waals surface area contributed by atoms with Crippen LogP contribution in [0.2, 0.25) is 0 Å². The summed E-state index contributed by atoms with van der Waals surface area (Å²) in [7, 11) is 0. The highest BCUT2D eigenvalue weighted by atomic mass is 15.3. The van der Waals surface area contributed by atoms with E-state index in [2.05, 4.69) is 27.7 Å². The van der Waals surface area contributed by atoms with Gasteiger partial charge < -0.3 is 5.73 Å². The smallest absolute Gasteiger partial charge is 0.0949 e. The van der Waals surface area contributed by atoms with Crippen molar-refractivity contribution in [1.82, 2.24) is 14.7 Å². The summed E-state index contributed by atoms with van der Waals surface area (Å²) >= 11 is 0. The van der Waals surface area contributed by atoms with Crippen molar-refractivity contribution in [3.8, 4) is 0 Å². The van der Waals surface area contributed by atoms with E-state index in [1.165, 1.54) is 5.69 Å². The molecule has 3 N–H and O–H groups in total. The molecule has 18 heavy (non-hydrogen) atoms. The maximum absolute atomic E-state index is 7.57. The number of nitrogens with zero attached hydrogens (tertiary/aromatic N) is 3. The van der Waals surface area contributed by atoms with Gasteiger partial charge in [0.1, 0.15) is 0 Å². The molecule has 0 bridgehead atoms. The van der Waals surface area contributed by atoms with E-state index in [0.29, 0.717) is 5.84 Å². The molecule has 0 saturated carbocycles. The van der Waals surface area contributed by atoms with Crippen molar-refractivity contribution >= 4 is 5.84 Å². The molecule has 1 aliphatic heterocycles. The molecule has 5 nitrogen and oxygen atoms in total. The minimum Gasteiger partial charge on any atom is -0.387 e. The van der Waals surface area contributed by atoms with Gasteiger partial charge in [-0.25, -0.2) is 0 Å². The van der Waals surface area contributed by atoms with Gasteiger partial charge in [-0.3, -0.25) is 15.0 Å². The topological polar surface area (TPSA) is 70.9 Å². The molecule has 2 heterocycles. The second-order valence-electron chi connectivity index (χ2n) is 5.12. The van der Waals surface area contributed by atoms with Crippen LogP contribution in [0.25, 0.3) is 0 Å². The van der Waals surface area contributed by atoms with Gasteiger partial charge >= 0.3 is 0 Å². The lowest BCUT2D eigenvalue weighted by atomic mass is 9.97. The maximum Gasteiger partial charge on any atom is 0.0949 e. The standard InChI is InChI=1S/C13H23N5/c1-3-18-12(7-10(2)16-18)9-17-6-4-5-11(8-17)13(14)15/h7,11H,3-6,8-9H2,1-2H3,(H3,14,15). The minimum absolute atomic E-state index is 0.234. The van der Waals surface area contributed by atoms with Gasteiger partial charge in [0.15, 0.2) is 0 Å². The summed E-state index contributed by atoms with van der Waals surface area (Å²) in [6, 6.07) is 2.15. The van der Waals surface area contributed by atoms with Crippen LogP contribution in [0.4, 0.5) is 0 Å². The Hall–Kier alpha value is -1.36.